The Morgan fingerprint density at radius 2 is 2.00 bits per heavy atom. The van der Waals surface area contributed by atoms with Gasteiger partial charge in [0.25, 0.3) is 5.56 Å². The number of carbonyl (C=O) groups is 1. The lowest BCUT2D eigenvalue weighted by Crippen LogP contribution is -2.40. The fourth-order valence-electron chi connectivity index (χ4n) is 3.91. The number of fused-ring (bicyclic) bond motifs is 1. The number of aromatic hydroxyl groups is 1. The second-order valence-corrected chi connectivity index (χ2v) is 11.5. The predicted molar refractivity (Wildman–Crippen MR) is 147 cm³/mol. The zero-order valence-electron chi connectivity index (χ0n) is 19.6. The summed E-state index contributed by atoms with van der Waals surface area (Å²) in [5.74, 6) is -0.115. The molecule has 2 aromatic carbocycles. The van der Waals surface area contributed by atoms with Gasteiger partial charge in [0.15, 0.2) is 4.80 Å². The largest absolute Gasteiger partial charge is 0.506 e. The lowest BCUT2D eigenvalue weighted by Gasteiger charge is -2.26. The summed E-state index contributed by atoms with van der Waals surface area (Å²) in [5.41, 5.74) is 1.26. The van der Waals surface area contributed by atoms with Crippen molar-refractivity contribution in [2.24, 2.45) is 4.99 Å². The van der Waals surface area contributed by atoms with Crippen molar-refractivity contribution in [3.63, 3.8) is 0 Å². The number of aromatic nitrogens is 1. The third kappa shape index (κ3) is 5.04. The molecular formula is C25H21Br2ClN2O5S. The van der Waals surface area contributed by atoms with Crippen LogP contribution in [-0.4, -0.2) is 28.9 Å². The van der Waals surface area contributed by atoms with E-state index in [4.69, 9.17) is 21.1 Å². The van der Waals surface area contributed by atoms with Crippen molar-refractivity contribution in [2.45, 2.75) is 32.9 Å². The van der Waals surface area contributed by atoms with Gasteiger partial charge < -0.3 is 14.6 Å². The number of ether oxygens (including phenoxy) is 2. The van der Waals surface area contributed by atoms with Gasteiger partial charge in [-0.25, -0.2) is 9.79 Å². The van der Waals surface area contributed by atoms with Gasteiger partial charge in [-0.3, -0.25) is 9.36 Å². The van der Waals surface area contributed by atoms with Gasteiger partial charge in [0, 0.05) is 20.6 Å². The van der Waals surface area contributed by atoms with Crippen LogP contribution in [0.15, 0.2) is 60.3 Å². The van der Waals surface area contributed by atoms with Crippen LogP contribution in [0.1, 0.15) is 37.9 Å². The molecular weight excluding hydrogens is 636 g/mol. The van der Waals surface area contributed by atoms with E-state index in [1.165, 1.54) is 11.7 Å². The van der Waals surface area contributed by atoms with E-state index in [0.29, 0.717) is 41.4 Å². The minimum absolute atomic E-state index is 0.0483. The summed E-state index contributed by atoms with van der Waals surface area (Å²) in [6, 6.07) is 7.66. The van der Waals surface area contributed by atoms with Gasteiger partial charge in [-0.15, -0.1) is 0 Å². The quantitative estimate of drug-likeness (QED) is 0.387. The average molecular weight is 657 g/mol. The highest BCUT2D eigenvalue weighted by Gasteiger charge is 2.35. The molecule has 1 aliphatic rings. The van der Waals surface area contributed by atoms with E-state index in [9.17, 15) is 14.7 Å². The van der Waals surface area contributed by atoms with E-state index in [2.05, 4.69) is 36.9 Å². The second kappa shape index (κ2) is 10.5. The molecule has 1 N–H and O–H groups in total. The minimum Gasteiger partial charge on any atom is -0.506 e. The number of phenolic OH excluding ortho intramolecular Hbond substituents is 1. The van der Waals surface area contributed by atoms with Gasteiger partial charge in [0.05, 0.1) is 33.5 Å². The number of phenols is 1. The van der Waals surface area contributed by atoms with E-state index in [1.807, 2.05) is 12.1 Å². The van der Waals surface area contributed by atoms with Crippen LogP contribution in [0.3, 0.4) is 0 Å². The monoisotopic (exact) mass is 654 g/mol. The zero-order chi connectivity index (χ0) is 26.3. The van der Waals surface area contributed by atoms with Gasteiger partial charge in [0.1, 0.15) is 17.5 Å². The second-order valence-electron chi connectivity index (χ2n) is 8.25. The van der Waals surface area contributed by atoms with Crippen molar-refractivity contribution in [3.05, 3.63) is 86.4 Å². The molecule has 0 saturated heterocycles. The molecule has 0 amide bonds. The number of hydrogen-bond donors (Lipinski definition) is 1. The number of methoxy groups -OCH3 is 1. The van der Waals surface area contributed by atoms with Gasteiger partial charge in [0.2, 0.25) is 0 Å². The normalized spacial score (nSPS) is 15.7. The van der Waals surface area contributed by atoms with Crippen molar-refractivity contribution >= 4 is 66.8 Å². The van der Waals surface area contributed by atoms with Crippen LogP contribution in [0, 0.1) is 0 Å². The number of halogens is 3. The highest BCUT2D eigenvalue weighted by Crippen LogP contribution is 2.37. The first-order chi connectivity index (χ1) is 17.0. The highest BCUT2D eigenvalue weighted by molar-refractivity contribution is 9.10. The summed E-state index contributed by atoms with van der Waals surface area (Å²) in [6.07, 6.45) is 1.19. The first-order valence-corrected chi connectivity index (χ1v) is 13.5. The molecule has 1 aromatic heterocycles. The van der Waals surface area contributed by atoms with Crippen molar-refractivity contribution in [1.29, 1.82) is 0 Å². The number of allylic oxidation sites excluding steroid dienone is 1. The topological polar surface area (TPSA) is 90.1 Å². The predicted octanol–water partition coefficient (Wildman–Crippen LogP) is 5.08. The molecule has 1 atom stereocenters. The van der Waals surface area contributed by atoms with E-state index < -0.39 is 12.0 Å². The van der Waals surface area contributed by atoms with Crippen LogP contribution in [0.25, 0.3) is 6.08 Å². The number of carbonyl (C=O) groups excluding carboxylic acids is 1. The van der Waals surface area contributed by atoms with E-state index in [1.54, 1.807) is 45.0 Å². The summed E-state index contributed by atoms with van der Waals surface area (Å²) in [5, 5.41) is 10.9. The zero-order valence-corrected chi connectivity index (χ0v) is 24.4. The first kappa shape index (κ1) is 26.7. The van der Waals surface area contributed by atoms with Crippen molar-refractivity contribution in [3.8, 4) is 11.5 Å². The van der Waals surface area contributed by atoms with E-state index in [-0.39, 0.29) is 23.0 Å². The van der Waals surface area contributed by atoms with E-state index in [0.717, 1.165) is 15.8 Å². The number of rotatable bonds is 5. The Morgan fingerprint density at radius 1 is 1.28 bits per heavy atom. The van der Waals surface area contributed by atoms with E-state index >= 15 is 0 Å². The molecule has 7 nitrogen and oxygen atoms in total. The molecule has 1 aliphatic heterocycles. The smallest absolute Gasteiger partial charge is 0.338 e. The van der Waals surface area contributed by atoms with Gasteiger partial charge >= 0.3 is 5.97 Å². The fourth-order valence-corrected chi connectivity index (χ4v) is 6.16. The number of benzene rings is 2. The molecule has 0 spiro atoms. The fraction of sp³-hybridized carbons (Fsp3) is 0.240. The molecule has 0 bridgehead atoms. The summed E-state index contributed by atoms with van der Waals surface area (Å²) in [4.78, 5) is 32.0. The Balaban J connectivity index is 2.03. The lowest BCUT2D eigenvalue weighted by molar-refractivity contribution is -0.143. The van der Waals surface area contributed by atoms with Crippen molar-refractivity contribution < 1.29 is 19.4 Å². The molecule has 36 heavy (non-hydrogen) atoms. The van der Waals surface area contributed by atoms with Crippen LogP contribution in [0.2, 0.25) is 5.02 Å². The maximum absolute atomic E-state index is 13.8. The third-order valence-electron chi connectivity index (χ3n) is 5.41. The van der Waals surface area contributed by atoms with Crippen molar-refractivity contribution in [1.82, 2.24) is 4.57 Å². The Hall–Kier alpha value is -2.40. The molecule has 0 radical (unpaired) electrons. The molecule has 0 fully saturated rings. The molecule has 3 aromatic rings. The number of nitrogens with zero attached hydrogens (tertiary/aromatic N) is 2. The SMILES string of the molecule is COc1ccc(Br)cc1[C@H]1C(C(=O)OC(C)C)=C(C)N=c2s/c(=C\c3cc(Cl)cc(Br)c3O)c(=O)n21. The molecule has 2 heterocycles. The number of hydrogen-bond acceptors (Lipinski definition) is 7. The standard InChI is InChI=1S/C25H21Br2ClN2O5S/c1-11(2)35-24(33)20-12(3)29-25-30(21(20)16-9-14(26)5-6-18(16)34-4)23(32)19(36-25)8-13-7-15(28)10-17(27)22(13)31/h5-11,21,31H,1-4H3/b19-8-/t21-/m0/s1. The average Bonchev–Trinajstić information content (AvgIpc) is 3.10. The number of thiazole rings is 1. The Morgan fingerprint density at radius 3 is 2.67 bits per heavy atom. The van der Waals surface area contributed by atoms with Gasteiger partial charge in [-0.2, -0.15) is 0 Å². The summed E-state index contributed by atoms with van der Waals surface area (Å²) >= 11 is 14.1. The summed E-state index contributed by atoms with van der Waals surface area (Å²) < 4.78 is 14.1. The molecule has 0 aliphatic carbocycles. The van der Waals surface area contributed by atoms with Crippen LogP contribution >= 0.6 is 54.8 Å². The molecule has 188 valence electrons. The maximum atomic E-state index is 13.8. The van der Waals surface area contributed by atoms with Crippen LogP contribution in [0.4, 0.5) is 0 Å². The van der Waals surface area contributed by atoms with Crippen molar-refractivity contribution in [2.75, 3.05) is 7.11 Å². The van der Waals surface area contributed by atoms with Crippen LogP contribution in [-0.2, 0) is 9.53 Å². The lowest BCUT2D eigenvalue weighted by atomic mass is 9.95. The first-order valence-electron chi connectivity index (χ1n) is 10.8. The van der Waals surface area contributed by atoms with Crippen LogP contribution < -0.4 is 19.6 Å². The molecule has 11 heteroatoms. The Labute approximate surface area is 232 Å². The maximum Gasteiger partial charge on any atom is 0.338 e. The Kier molecular flexibility index (Phi) is 7.80. The molecule has 4 rings (SSSR count). The summed E-state index contributed by atoms with van der Waals surface area (Å²) in [6.45, 7) is 5.23. The summed E-state index contributed by atoms with van der Waals surface area (Å²) in [7, 11) is 1.53. The number of esters is 1. The van der Waals surface area contributed by atoms with Gasteiger partial charge in [-0.1, -0.05) is 38.9 Å². The molecule has 0 saturated carbocycles. The Bertz CT molecular complexity index is 1590. The third-order valence-corrected chi connectivity index (χ3v) is 7.71. The van der Waals surface area contributed by atoms with Gasteiger partial charge in [-0.05, 0) is 73.1 Å². The van der Waals surface area contributed by atoms with Crippen LogP contribution in [0.5, 0.6) is 11.5 Å². The molecule has 0 unspecified atom stereocenters. The highest BCUT2D eigenvalue weighted by atomic mass is 79.9. The minimum atomic E-state index is -0.846.